The van der Waals surface area contributed by atoms with Crippen LogP contribution in [-0.4, -0.2) is 35.8 Å². The molecule has 1 atom stereocenters. The fourth-order valence-corrected chi connectivity index (χ4v) is 2.00. The molecule has 0 bridgehead atoms. The molecule has 5 nitrogen and oxygen atoms in total. The van der Waals surface area contributed by atoms with Crippen LogP contribution in [0.25, 0.3) is 0 Å². The predicted octanol–water partition coefficient (Wildman–Crippen LogP) is 3.01. The molecule has 0 aliphatic heterocycles. The van der Waals surface area contributed by atoms with Crippen molar-refractivity contribution in [1.29, 1.82) is 0 Å². The number of hydrogen-bond acceptors (Lipinski definition) is 5. The Balaban J connectivity index is 2.03. The summed E-state index contributed by atoms with van der Waals surface area (Å²) in [6.07, 6.45) is 3.52. The van der Waals surface area contributed by atoms with Gasteiger partial charge in [-0.05, 0) is 33.1 Å². The highest BCUT2D eigenvalue weighted by Gasteiger charge is 2.27. The van der Waals surface area contributed by atoms with Crippen molar-refractivity contribution in [3.05, 3.63) is 11.9 Å². The first kappa shape index (κ1) is 15.0. The Bertz CT molecular complexity index is 420. The molecule has 2 N–H and O–H groups in total. The van der Waals surface area contributed by atoms with Gasteiger partial charge in [0.25, 0.3) is 0 Å². The molecular weight excluding hydrogens is 252 g/mol. The summed E-state index contributed by atoms with van der Waals surface area (Å²) in [4.78, 5) is 9.24. The van der Waals surface area contributed by atoms with E-state index in [1.807, 2.05) is 13.0 Å². The van der Waals surface area contributed by atoms with Gasteiger partial charge in [0, 0.05) is 31.2 Å². The van der Waals surface area contributed by atoms with E-state index in [1.54, 1.807) is 0 Å². The zero-order valence-electron chi connectivity index (χ0n) is 12.8. The molecule has 0 spiro atoms. The minimum absolute atomic E-state index is 0.246. The summed E-state index contributed by atoms with van der Waals surface area (Å²) in [7, 11) is 0. The molecule has 1 saturated carbocycles. The Kier molecular flexibility index (Phi) is 5.59. The second-order valence-electron chi connectivity index (χ2n) is 5.40. The first-order valence-corrected chi connectivity index (χ1v) is 7.70. The number of rotatable bonds is 9. The van der Waals surface area contributed by atoms with Gasteiger partial charge in [0.05, 0.1) is 6.61 Å². The molecule has 1 fully saturated rings. The van der Waals surface area contributed by atoms with E-state index in [0.717, 1.165) is 37.0 Å². The van der Waals surface area contributed by atoms with Crippen molar-refractivity contribution in [2.45, 2.75) is 52.0 Å². The molecule has 1 aliphatic rings. The van der Waals surface area contributed by atoms with Gasteiger partial charge in [0.15, 0.2) is 0 Å². The van der Waals surface area contributed by atoms with Crippen LogP contribution in [0.2, 0.25) is 0 Å². The topological polar surface area (TPSA) is 59.1 Å². The largest absolute Gasteiger partial charge is 0.380 e. The van der Waals surface area contributed by atoms with Gasteiger partial charge in [0.1, 0.15) is 17.5 Å². The monoisotopic (exact) mass is 278 g/mol. The van der Waals surface area contributed by atoms with Gasteiger partial charge in [-0.2, -0.15) is 0 Å². The lowest BCUT2D eigenvalue weighted by atomic mass is 10.3. The SMILES string of the molecule is CCCNc1cc(NC(C)COCC)nc(C2CC2)n1. The second kappa shape index (κ2) is 7.43. The van der Waals surface area contributed by atoms with Gasteiger partial charge < -0.3 is 15.4 Å². The lowest BCUT2D eigenvalue weighted by molar-refractivity contribution is 0.141. The van der Waals surface area contributed by atoms with Crippen LogP contribution in [0, 0.1) is 0 Å². The van der Waals surface area contributed by atoms with Gasteiger partial charge in [-0.25, -0.2) is 9.97 Å². The van der Waals surface area contributed by atoms with Crippen LogP contribution < -0.4 is 10.6 Å². The molecule has 1 unspecified atom stereocenters. The number of aromatic nitrogens is 2. The zero-order valence-corrected chi connectivity index (χ0v) is 12.8. The second-order valence-corrected chi connectivity index (χ2v) is 5.40. The van der Waals surface area contributed by atoms with Gasteiger partial charge in [0.2, 0.25) is 0 Å². The molecule has 1 heterocycles. The smallest absolute Gasteiger partial charge is 0.136 e. The van der Waals surface area contributed by atoms with Crippen LogP contribution in [0.3, 0.4) is 0 Å². The van der Waals surface area contributed by atoms with Gasteiger partial charge in [-0.1, -0.05) is 6.92 Å². The van der Waals surface area contributed by atoms with Crippen molar-refractivity contribution in [3.8, 4) is 0 Å². The Morgan fingerprint density at radius 3 is 2.70 bits per heavy atom. The van der Waals surface area contributed by atoms with Crippen LogP contribution in [0.15, 0.2) is 6.07 Å². The highest BCUT2D eigenvalue weighted by Crippen LogP contribution is 2.38. The summed E-state index contributed by atoms with van der Waals surface area (Å²) in [6.45, 7) is 8.64. The van der Waals surface area contributed by atoms with E-state index in [1.165, 1.54) is 12.8 Å². The highest BCUT2D eigenvalue weighted by molar-refractivity contribution is 5.48. The lowest BCUT2D eigenvalue weighted by Gasteiger charge is -2.16. The van der Waals surface area contributed by atoms with E-state index in [4.69, 9.17) is 4.74 Å². The number of hydrogen-bond donors (Lipinski definition) is 2. The number of ether oxygens (including phenoxy) is 1. The molecule has 20 heavy (non-hydrogen) atoms. The van der Waals surface area contributed by atoms with Gasteiger partial charge in [-0.3, -0.25) is 0 Å². The Hall–Kier alpha value is -1.36. The first-order chi connectivity index (χ1) is 9.72. The summed E-state index contributed by atoms with van der Waals surface area (Å²) in [5, 5.41) is 6.75. The van der Waals surface area contributed by atoms with E-state index in [-0.39, 0.29) is 6.04 Å². The van der Waals surface area contributed by atoms with Crippen molar-refractivity contribution >= 4 is 11.6 Å². The molecule has 2 rings (SSSR count). The van der Waals surface area contributed by atoms with Crippen LogP contribution in [0.1, 0.15) is 51.8 Å². The molecule has 1 aromatic heterocycles. The molecule has 0 radical (unpaired) electrons. The highest BCUT2D eigenvalue weighted by atomic mass is 16.5. The minimum Gasteiger partial charge on any atom is -0.380 e. The molecule has 1 aliphatic carbocycles. The summed E-state index contributed by atoms with van der Waals surface area (Å²) in [6, 6.07) is 2.24. The quantitative estimate of drug-likeness (QED) is 0.727. The summed E-state index contributed by atoms with van der Waals surface area (Å²) in [5.41, 5.74) is 0. The van der Waals surface area contributed by atoms with E-state index in [2.05, 4.69) is 34.4 Å². The minimum atomic E-state index is 0.246. The third-order valence-electron chi connectivity index (χ3n) is 3.21. The van der Waals surface area contributed by atoms with Crippen LogP contribution >= 0.6 is 0 Å². The van der Waals surface area contributed by atoms with Crippen LogP contribution in [0.4, 0.5) is 11.6 Å². The van der Waals surface area contributed by atoms with Crippen molar-refractivity contribution in [3.63, 3.8) is 0 Å². The summed E-state index contributed by atoms with van der Waals surface area (Å²) in [5.74, 6) is 3.35. The Labute approximate surface area is 121 Å². The molecule has 112 valence electrons. The normalized spacial score (nSPS) is 15.9. The molecular formula is C15H26N4O. The maximum Gasteiger partial charge on any atom is 0.136 e. The van der Waals surface area contributed by atoms with Gasteiger partial charge >= 0.3 is 0 Å². The molecule has 0 amide bonds. The molecule has 5 heteroatoms. The average Bonchev–Trinajstić information content (AvgIpc) is 3.27. The zero-order chi connectivity index (χ0) is 14.4. The Morgan fingerprint density at radius 1 is 1.30 bits per heavy atom. The number of anilines is 2. The van der Waals surface area contributed by atoms with Gasteiger partial charge in [-0.15, -0.1) is 0 Å². The van der Waals surface area contributed by atoms with E-state index in [9.17, 15) is 0 Å². The summed E-state index contributed by atoms with van der Waals surface area (Å²) < 4.78 is 5.43. The number of nitrogens with one attached hydrogen (secondary N) is 2. The van der Waals surface area contributed by atoms with Crippen molar-refractivity contribution in [2.24, 2.45) is 0 Å². The third-order valence-corrected chi connectivity index (χ3v) is 3.21. The van der Waals surface area contributed by atoms with Crippen molar-refractivity contribution in [2.75, 3.05) is 30.4 Å². The Morgan fingerprint density at radius 2 is 2.05 bits per heavy atom. The molecule has 1 aromatic rings. The van der Waals surface area contributed by atoms with Crippen LogP contribution in [0.5, 0.6) is 0 Å². The fraction of sp³-hybridized carbons (Fsp3) is 0.733. The fourth-order valence-electron chi connectivity index (χ4n) is 2.00. The maximum absolute atomic E-state index is 5.43. The standard InChI is InChI=1S/C15H26N4O/c1-4-8-16-13-9-14(17-11(3)10-20-5-2)19-15(18-13)12-6-7-12/h9,11-12H,4-8,10H2,1-3H3,(H2,16,17,18,19). The van der Waals surface area contributed by atoms with Crippen molar-refractivity contribution < 1.29 is 4.74 Å². The van der Waals surface area contributed by atoms with E-state index in [0.29, 0.717) is 12.5 Å². The molecule has 0 saturated heterocycles. The predicted molar refractivity (Wildman–Crippen MR) is 82.4 cm³/mol. The summed E-state index contributed by atoms with van der Waals surface area (Å²) >= 11 is 0. The van der Waals surface area contributed by atoms with Crippen molar-refractivity contribution in [1.82, 2.24) is 9.97 Å². The van der Waals surface area contributed by atoms with E-state index >= 15 is 0 Å². The average molecular weight is 278 g/mol. The third kappa shape index (κ3) is 4.63. The lowest BCUT2D eigenvalue weighted by Crippen LogP contribution is -2.23. The van der Waals surface area contributed by atoms with Crippen LogP contribution in [-0.2, 0) is 4.74 Å². The maximum atomic E-state index is 5.43. The number of nitrogens with zero attached hydrogens (tertiary/aromatic N) is 2. The van der Waals surface area contributed by atoms with E-state index < -0.39 is 0 Å². The first-order valence-electron chi connectivity index (χ1n) is 7.70. The molecule has 0 aromatic carbocycles.